The number of nitrogens with one attached hydrogen (secondary N) is 2. The fourth-order valence-electron chi connectivity index (χ4n) is 2.86. The lowest BCUT2D eigenvalue weighted by Gasteiger charge is -2.22. The van der Waals surface area contributed by atoms with Crippen LogP contribution in [0.4, 0.5) is 10.8 Å². The molecular weight excluding hydrogens is 308 g/mol. The van der Waals surface area contributed by atoms with E-state index in [1.165, 1.54) is 6.42 Å². The van der Waals surface area contributed by atoms with Gasteiger partial charge in [-0.05, 0) is 30.5 Å². The van der Waals surface area contributed by atoms with E-state index in [0.717, 1.165) is 37.0 Å². The highest BCUT2D eigenvalue weighted by atomic mass is 16.5. The first-order valence-corrected chi connectivity index (χ1v) is 8.26. The van der Waals surface area contributed by atoms with E-state index in [2.05, 4.69) is 20.8 Å². The zero-order valence-corrected chi connectivity index (χ0v) is 13.7. The second kappa shape index (κ2) is 7.81. The molecule has 7 nitrogen and oxygen atoms in total. The monoisotopic (exact) mass is 330 g/mol. The number of rotatable bonds is 5. The third-order valence-electron chi connectivity index (χ3n) is 4.14. The average Bonchev–Trinajstić information content (AvgIpc) is 3.03. The molecule has 0 spiro atoms. The van der Waals surface area contributed by atoms with E-state index in [9.17, 15) is 4.79 Å². The number of hydrogen-bond acceptors (Lipinski definition) is 5. The van der Waals surface area contributed by atoms with Crippen LogP contribution < -0.4 is 15.4 Å². The molecule has 0 unspecified atom stereocenters. The Bertz CT molecular complexity index is 663. The number of anilines is 1. The fourth-order valence-corrected chi connectivity index (χ4v) is 2.86. The van der Waals surface area contributed by atoms with Crippen LogP contribution in [0.2, 0.25) is 0 Å². The maximum atomic E-state index is 12.0. The number of aromatic nitrogens is 2. The Labute approximate surface area is 140 Å². The molecule has 1 saturated carbocycles. The maximum absolute atomic E-state index is 12.0. The van der Waals surface area contributed by atoms with Gasteiger partial charge in [0, 0.05) is 6.04 Å². The van der Waals surface area contributed by atoms with E-state index in [-0.39, 0.29) is 18.1 Å². The Hall–Kier alpha value is -2.57. The second-order valence-electron chi connectivity index (χ2n) is 5.96. The Kier molecular flexibility index (Phi) is 5.30. The van der Waals surface area contributed by atoms with Gasteiger partial charge in [-0.25, -0.2) is 4.79 Å². The predicted octanol–water partition coefficient (Wildman–Crippen LogP) is 3.12. The minimum Gasteiger partial charge on any atom is -0.497 e. The quantitative estimate of drug-likeness (QED) is 0.879. The molecule has 3 rings (SSSR count). The van der Waals surface area contributed by atoms with Gasteiger partial charge in [0.05, 0.1) is 13.5 Å². The highest BCUT2D eigenvalue weighted by Crippen LogP contribution is 2.18. The van der Waals surface area contributed by atoms with Gasteiger partial charge in [-0.2, -0.15) is 0 Å². The van der Waals surface area contributed by atoms with Crippen LogP contribution in [0, 0.1) is 0 Å². The molecule has 0 saturated heterocycles. The van der Waals surface area contributed by atoms with E-state index < -0.39 is 0 Å². The molecule has 1 heterocycles. The minimum absolute atomic E-state index is 0.117. The van der Waals surface area contributed by atoms with E-state index in [0.29, 0.717) is 12.3 Å². The van der Waals surface area contributed by atoms with Gasteiger partial charge in [-0.15, -0.1) is 5.10 Å². The first-order chi connectivity index (χ1) is 11.7. The molecule has 0 atom stereocenters. The van der Waals surface area contributed by atoms with E-state index in [4.69, 9.17) is 9.15 Å². The van der Waals surface area contributed by atoms with Gasteiger partial charge in [0.1, 0.15) is 5.75 Å². The number of urea groups is 1. The van der Waals surface area contributed by atoms with Crippen molar-refractivity contribution in [2.45, 2.75) is 44.6 Å². The predicted molar refractivity (Wildman–Crippen MR) is 89.1 cm³/mol. The third-order valence-corrected chi connectivity index (χ3v) is 4.14. The minimum atomic E-state index is -0.290. The lowest BCUT2D eigenvalue weighted by Crippen LogP contribution is -2.39. The lowest BCUT2D eigenvalue weighted by molar-refractivity contribution is 0.243. The van der Waals surface area contributed by atoms with Crippen LogP contribution in [0.1, 0.15) is 43.6 Å². The zero-order chi connectivity index (χ0) is 16.8. The Morgan fingerprint density at radius 3 is 2.67 bits per heavy atom. The first-order valence-electron chi connectivity index (χ1n) is 8.26. The summed E-state index contributed by atoms with van der Waals surface area (Å²) in [7, 11) is 1.63. The Morgan fingerprint density at radius 2 is 1.96 bits per heavy atom. The van der Waals surface area contributed by atoms with Crippen molar-refractivity contribution < 1.29 is 13.9 Å². The van der Waals surface area contributed by atoms with Gasteiger partial charge in [0.15, 0.2) is 0 Å². The van der Waals surface area contributed by atoms with Crippen molar-refractivity contribution in [3.8, 4) is 5.75 Å². The molecule has 7 heteroatoms. The number of ether oxygens (including phenoxy) is 1. The van der Waals surface area contributed by atoms with Gasteiger partial charge >= 0.3 is 12.0 Å². The number of methoxy groups -OCH3 is 1. The molecule has 1 aliphatic rings. The fraction of sp³-hybridized carbons (Fsp3) is 0.471. The van der Waals surface area contributed by atoms with Gasteiger partial charge in [-0.3, -0.25) is 5.32 Å². The standard InChI is InChI=1S/C17H22N4O3/c1-23-14-9-7-12(8-10-14)11-15-20-21-17(24-15)19-16(22)18-13-5-3-2-4-6-13/h7-10,13H,2-6,11H2,1H3,(H2,18,19,21,22). The summed E-state index contributed by atoms with van der Waals surface area (Å²) in [6.45, 7) is 0. The van der Waals surface area contributed by atoms with Gasteiger partial charge in [0.25, 0.3) is 0 Å². The maximum Gasteiger partial charge on any atom is 0.323 e. The van der Waals surface area contributed by atoms with Crippen LogP contribution >= 0.6 is 0 Å². The number of carbonyl (C=O) groups is 1. The molecular formula is C17H22N4O3. The SMILES string of the molecule is COc1ccc(Cc2nnc(NC(=O)NC3CCCCC3)o2)cc1. The summed E-state index contributed by atoms with van der Waals surface area (Å²) < 4.78 is 10.6. The van der Waals surface area contributed by atoms with Crippen LogP contribution in [-0.4, -0.2) is 29.4 Å². The molecule has 1 aliphatic carbocycles. The van der Waals surface area contributed by atoms with Gasteiger partial charge < -0.3 is 14.5 Å². The summed E-state index contributed by atoms with van der Waals surface area (Å²) in [6, 6.07) is 7.69. The Balaban J connectivity index is 1.51. The molecule has 1 fully saturated rings. The van der Waals surface area contributed by atoms with Crippen molar-refractivity contribution in [3.63, 3.8) is 0 Å². The summed E-state index contributed by atoms with van der Waals surface area (Å²) in [6.07, 6.45) is 6.13. The molecule has 0 bridgehead atoms. The third kappa shape index (κ3) is 4.47. The van der Waals surface area contributed by atoms with Crippen molar-refractivity contribution in [2.24, 2.45) is 0 Å². The number of amides is 2. The number of hydrogen-bond donors (Lipinski definition) is 2. The first kappa shape index (κ1) is 16.3. The molecule has 2 aromatic rings. The van der Waals surface area contributed by atoms with Crippen molar-refractivity contribution in [1.29, 1.82) is 0 Å². The van der Waals surface area contributed by atoms with Gasteiger partial charge in [0.2, 0.25) is 5.89 Å². The summed E-state index contributed by atoms with van der Waals surface area (Å²) >= 11 is 0. The van der Waals surface area contributed by atoms with Gasteiger partial charge in [-0.1, -0.05) is 36.5 Å². The molecule has 128 valence electrons. The van der Waals surface area contributed by atoms with Crippen LogP contribution in [0.3, 0.4) is 0 Å². The second-order valence-corrected chi connectivity index (χ2v) is 5.96. The molecule has 0 aliphatic heterocycles. The van der Waals surface area contributed by atoms with Crippen LogP contribution in [0.5, 0.6) is 5.75 Å². The van der Waals surface area contributed by atoms with E-state index >= 15 is 0 Å². The zero-order valence-electron chi connectivity index (χ0n) is 13.7. The highest BCUT2D eigenvalue weighted by molar-refractivity contribution is 5.87. The van der Waals surface area contributed by atoms with Crippen LogP contribution in [0.15, 0.2) is 28.7 Å². The molecule has 1 aromatic heterocycles. The van der Waals surface area contributed by atoms with Crippen molar-refractivity contribution in [2.75, 3.05) is 12.4 Å². The molecule has 1 aromatic carbocycles. The van der Waals surface area contributed by atoms with Crippen LogP contribution in [0.25, 0.3) is 0 Å². The number of nitrogens with zero attached hydrogens (tertiary/aromatic N) is 2. The number of benzene rings is 1. The normalized spacial score (nSPS) is 15.0. The molecule has 24 heavy (non-hydrogen) atoms. The highest BCUT2D eigenvalue weighted by Gasteiger charge is 2.17. The summed E-state index contributed by atoms with van der Waals surface area (Å²) in [5.41, 5.74) is 1.03. The van der Waals surface area contributed by atoms with Crippen LogP contribution in [-0.2, 0) is 6.42 Å². The molecule has 2 amide bonds. The lowest BCUT2D eigenvalue weighted by atomic mass is 9.96. The van der Waals surface area contributed by atoms with E-state index in [1.807, 2.05) is 24.3 Å². The summed E-state index contributed by atoms with van der Waals surface area (Å²) in [4.78, 5) is 12.0. The van der Waals surface area contributed by atoms with Crippen molar-refractivity contribution in [3.05, 3.63) is 35.7 Å². The summed E-state index contributed by atoms with van der Waals surface area (Å²) in [5, 5.41) is 13.4. The van der Waals surface area contributed by atoms with Crippen molar-refractivity contribution >= 4 is 12.0 Å². The van der Waals surface area contributed by atoms with E-state index in [1.54, 1.807) is 7.11 Å². The molecule has 0 radical (unpaired) electrons. The topological polar surface area (TPSA) is 89.3 Å². The molecule has 2 N–H and O–H groups in total. The summed E-state index contributed by atoms with van der Waals surface area (Å²) in [5.74, 6) is 1.25. The Morgan fingerprint density at radius 1 is 1.21 bits per heavy atom. The largest absolute Gasteiger partial charge is 0.497 e. The number of carbonyl (C=O) groups excluding carboxylic acids is 1. The average molecular weight is 330 g/mol. The van der Waals surface area contributed by atoms with Crippen molar-refractivity contribution in [1.82, 2.24) is 15.5 Å². The smallest absolute Gasteiger partial charge is 0.323 e.